The van der Waals surface area contributed by atoms with E-state index in [1.165, 1.54) is 10.5 Å². The van der Waals surface area contributed by atoms with Crippen LogP contribution in [0.2, 0.25) is 10.0 Å². The van der Waals surface area contributed by atoms with Crippen LogP contribution in [-0.2, 0) is 0 Å². The van der Waals surface area contributed by atoms with E-state index in [0.29, 0.717) is 10.0 Å². The van der Waals surface area contributed by atoms with Crippen molar-refractivity contribution >= 4 is 35.0 Å². The molecule has 0 spiro atoms. The Morgan fingerprint density at radius 3 is 2.38 bits per heavy atom. The average molecular weight is 340 g/mol. The van der Waals surface area contributed by atoms with Crippen molar-refractivity contribution in [2.45, 2.75) is 24.8 Å². The number of thioether (sulfide) groups is 1. The number of hydrogen-bond acceptors (Lipinski definition) is 2. The third-order valence-corrected chi connectivity index (χ3v) is 4.95. The fraction of sp³-hybridized carbons (Fsp3) is 0.294. The zero-order valence-corrected chi connectivity index (χ0v) is 14.5. The number of nitrogens with one attached hydrogen (secondary N) is 1. The summed E-state index contributed by atoms with van der Waals surface area (Å²) in [6.45, 7) is 5.11. The van der Waals surface area contributed by atoms with Crippen LogP contribution in [0, 0.1) is 0 Å². The van der Waals surface area contributed by atoms with E-state index in [4.69, 9.17) is 23.2 Å². The van der Waals surface area contributed by atoms with Gasteiger partial charge in [0.1, 0.15) is 0 Å². The van der Waals surface area contributed by atoms with Crippen molar-refractivity contribution in [1.82, 2.24) is 5.32 Å². The zero-order chi connectivity index (χ0) is 15.2. The Balaban J connectivity index is 2.36. The quantitative estimate of drug-likeness (QED) is 0.667. The Morgan fingerprint density at radius 2 is 1.76 bits per heavy atom. The van der Waals surface area contributed by atoms with Gasteiger partial charge in [0.05, 0.1) is 16.1 Å². The summed E-state index contributed by atoms with van der Waals surface area (Å²) in [5.41, 5.74) is 2.21. The molecule has 0 aromatic heterocycles. The van der Waals surface area contributed by atoms with Crippen LogP contribution in [0.15, 0.2) is 47.4 Å². The number of hydrogen-bond donors (Lipinski definition) is 1. The first-order chi connectivity index (χ1) is 10.2. The normalized spacial score (nSPS) is 12.4. The minimum Gasteiger partial charge on any atom is -0.306 e. The minimum absolute atomic E-state index is 0.0573. The van der Waals surface area contributed by atoms with Gasteiger partial charge in [-0.2, -0.15) is 0 Å². The van der Waals surface area contributed by atoms with Gasteiger partial charge in [0.15, 0.2) is 0 Å². The molecule has 112 valence electrons. The standard InChI is InChI=1S/C17H19Cl2NS/c1-3-20-17(14-6-5-7-15(18)16(14)19)12-8-10-13(11-9-12)21-4-2/h5-11,17,20H,3-4H2,1-2H3. The van der Waals surface area contributed by atoms with Crippen molar-refractivity contribution in [2.75, 3.05) is 12.3 Å². The lowest BCUT2D eigenvalue weighted by atomic mass is 9.98. The van der Waals surface area contributed by atoms with E-state index in [0.717, 1.165) is 17.9 Å². The van der Waals surface area contributed by atoms with E-state index in [1.807, 2.05) is 30.0 Å². The van der Waals surface area contributed by atoms with Gasteiger partial charge in [-0.3, -0.25) is 0 Å². The van der Waals surface area contributed by atoms with Gasteiger partial charge in [-0.05, 0) is 41.6 Å². The van der Waals surface area contributed by atoms with Crippen LogP contribution in [0.25, 0.3) is 0 Å². The maximum Gasteiger partial charge on any atom is 0.0643 e. The number of halogens is 2. The molecular weight excluding hydrogens is 321 g/mol. The topological polar surface area (TPSA) is 12.0 Å². The van der Waals surface area contributed by atoms with Gasteiger partial charge in [-0.25, -0.2) is 0 Å². The highest BCUT2D eigenvalue weighted by molar-refractivity contribution is 7.99. The molecule has 0 saturated heterocycles. The molecule has 0 amide bonds. The molecule has 21 heavy (non-hydrogen) atoms. The Bertz CT molecular complexity index is 584. The Labute approximate surface area is 141 Å². The van der Waals surface area contributed by atoms with Crippen molar-refractivity contribution < 1.29 is 0 Å². The highest BCUT2D eigenvalue weighted by atomic mass is 35.5. The first-order valence-electron chi connectivity index (χ1n) is 7.07. The van der Waals surface area contributed by atoms with E-state index in [-0.39, 0.29) is 6.04 Å². The summed E-state index contributed by atoms with van der Waals surface area (Å²) < 4.78 is 0. The Hall–Kier alpha value is -0.670. The average Bonchev–Trinajstić information content (AvgIpc) is 2.49. The van der Waals surface area contributed by atoms with Crippen LogP contribution in [0.3, 0.4) is 0 Å². The fourth-order valence-corrected chi connectivity index (χ4v) is 3.36. The summed E-state index contributed by atoms with van der Waals surface area (Å²) in [4.78, 5) is 1.29. The summed E-state index contributed by atoms with van der Waals surface area (Å²) in [7, 11) is 0. The third kappa shape index (κ3) is 4.17. The zero-order valence-electron chi connectivity index (χ0n) is 12.2. The monoisotopic (exact) mass is 339 g/mol. The molecule has 0 radical (unpaired) electrons. The maximum absolute atomic E-state index is 6.38. The van der Waals surface area contributed by atoms with Crippen molar-refractivity contribution in [3.8, 4) is 0 Å². The van der Waals surface area contributed by atoms with Crippen LogP contribution in [0.1, 0.15) is 31.0 Å². The number of benzene rings is 2. The second kappa shape index (κ2) is 8.09. The summed E-state index contributed by atoms with van der Waals surface area (Å²) in [5, 5.41) is 4.70. The molecule has 0 fully saturated rings. The lowest BCUT2D eigenvalue weighted by Gasteiger charge is -2.21. The molecule has 1 unspecified atom stereocenters. The molecule has 2 rings (SSSR count). The molecule has 0 saturated carbocycles. The van der Waals surface area contributed by atoms with E-state index < -0.39 is 0 Å². The third-order valence-electron chi connectivity index (χ3n) is 3.23. The second-order valence-electron chi connectivity index (χ2n) is 4.64. The smallest absolute Gasteiger partial charge is 0.0643 e. The van der Waals surface area contributed by atoms with Gasteiger partial charge in [0.25, 0.3) is 0 Å². The Morgan fingerprint density at radius 1 is 1.05 bits per heavy atom. The largest absolute Gasteiger partial charge is 0.306 e. The molecular formula is C17H19Cl2NS. The highest BCUT2D eigenvalue weighted by Crippen LogP contribution is 2.33. The maximum atomic E-state index is 6.38. The summed E-state index contributed by atoms with van der Waals surface area (Å²) in [5.74, 6) is 1.08. The van der Waals surface area contributed by atoms with E-state index in [1.54, 1.807) is 0 Å². The summed E-state index contributed by atoms with van der Waals surface area (Å²) in [6.07, 6.45) is 0. The van der Waals surface area contributed by atoms with Crippen LogP contribution in [0.4, 0.5) is 0 Å². The molecule has 4 heteroatoms. The van der Waals surface area contributed by atoms with Crippen LogP contribution in [-0.4, -0.2) is 12.3 Å². The predicted octanol–water partition coefficient (Wildman–Crippen LogP) is 5.80. The molecule has 2 aromatic carbocycles. The molecule has 1 N–H and O–H groups in total. The predicted molar refractivity (Wildman–Crippen MR) is 94.8 cm³/mol. The second-order valence-corrected chi connectivity index (χ2v) is 6.76. The fourth-order valence-electron chi connectivity index (χ4n) is 2.28. The van der Waals surface area contributed by atoms with Gasteiger partial charge in [-0.15, -0.1) is 11.8 Å². The van der Waals surface area contributed by atoms with E-state index in [2.05, 4.69) is 43.4 Å². The number of rotatable bonds is 6. The molecule has 1 nitrogen and oxygen atoms in total. The van der Waals surface area contributed by atoms with Crippen molar-refractivity contribution in [3.05, 3.63) is 63.6 Å². The minimum atomic E-state index is 0.0573. The van der Waals surface area contributed by atoms with Gasteiger partial charge >= 0.3 is 0 Å². The molecule has 0 aliphatic rings. The van der Waals surface area contributed by atoms with Gasteiger partial charge < -0.3 is 5.32 Å². The summed E-state index contributed by atoms with van der Waals surface area (Å²) in [6, 6.07) is 14.5. The van der Waals surface area contributed by atoms with Crippen LogP contribution < -0.4 is 5.32 Å². The van der Waals surface area contributed by atoms with Crippen molar-refractivity contribution in [3.63, 3.8) is 0 Å². The Kier molecular flexibility index (Phi) is 6.43. The highest BCUT2D eigenvalue weighted by Gasteiger charge is 2.17. The van der Waals surface area contributed by atoms with Crippen LogP contribution >= 0.6 is 35.0 Å². The van der Waals surface area contributed by atoms with Gasteiger partial charge in [0, 0.05) is 4.90 Å². The van der Waals surface area contributed by atoms with Gasteiger partial charge in [0.2, 0.25) is 0 Å². The molecule has 0 aliphatic heterocycles. The van der Waals surface area contributed by atoms with Gasteiger partial charge in [-0.1, -0.05) is 61.3 Å². The van der Waals surface area contributed by atoms with E-state index in [9.17, 15) is 0 Å². The van der Waals surface area contributed by atoms with E-state index >= 15 is 0 Å². The molecule has 2 aromatic rings. The molecule has 0 aliphatic carbocycles. The van der Waals surface area contributed by atoms with Crippen molar-refractivity contribution in [1.29, 1.82) is 0 Å². The lowest BCUT2D eigenvalue weighted by Crippen LogP contribution is -2.22. The molecule has 0 heterocycles. The molecule has 0 bridgehead atoms. The first kappa shape index (κ1) is 16.7. The SMILES string of the molecule is CCNC(c1ccc(SCC)cc1)c1cccc(Cl)c1Cl. The molecule has 1 atom stereocenters. The first-order valence-corrected chi connectivity index (χ1v) is 8.81. The van der Waals surface area contributed by atoms with Crippen molar-refractivity contribution in [2.24, 2.45) is 0 Å². The van der Waals surface area contributed by atoms with Crippen LogP contribution in [0.5, 0.6) is 0 Å². The lowest BCUT2D eigenvalue weighted by molar-refractivity contribution is 0.630. The summed E-state index contributed by atoms with van der Waals surface area (Å²) >= 11 is 14.4.